The number of aldehydes is 1. The lowest BCUT2D eigenvalue weighted by atomic mass is 10.2. The summed E-state index contributed by atoms with van der Waals surface area (Å²) in [5.41, 5.74) is -0.248. The lowest BCUT2D eigenvalue weighted by Crippen LogP contribution is -1.95. The number of hydrogen-bond donors (Lipinski definition) is 0. The van der Waals surface area contributed by atoms with Crippen LogP contribution in [0.15, 0.2) is 42.5 Å². The monoisotopic (exact) mass is 261 g/mol. The summed E-state index contributed by atoms with van der Waals surface area (Å²) in [6, 6.07) is 9.09. The van der Waals surface area contributed by atoms with Crippen molar-refractivity contribution in [2.45, 2.75) is 0 Å². The van der Waals surface area contributed by atoms with Crippen molar-refractivity contribution in [1.82, 2.24) is 0 Å². The third-order valence-electron chi connectivity index (χ3n) is 2.38. The van der Waals surface area contributed by atoms with Crippen molar-refractivity contribution in [1.29, 1.82) is 0 Å². The SMILES string of the molecule is O=Cc1cc(F)ccc1Oc1ccccc1[N+](=O)[O-]. The van der Waals surface area contributed by atoms with Gasteiger partial charge in [-0.1, -0.05) is 12.1 Å². The Hall–Kier alpha value is -2.76. The smallest absolute Gasteiger partial charge is 0.311 e. The van der Waals surface area contributed by atoms with Gasteiger partial charge in [-0.2, -0.15) is 0 Å². The summed E-state index contributed by atoms with van der Waals surface area (Å²) < 4.78 is 18.3. The van der Waals surface area contributed by atoms with Crippen LogP contribution in [0.5, 0.6) is 11.5 Å². The number of benzene rings is 2. The molecule has 0 aromatic heterocycles. The van der Waals surface area contributed by atoms with Crippen LogP contribution >= 0.6 is 0 Å². The highest BCUT2D eigenvalue weighted by Gasteiger charge is 2.16. The van der Waals surface area contributed by atoms with E-state index in [1.54, 1.807) is 6.07 Å². The number of carbonyl (C=O) groups is 1. The molecule has 0 amide bonds. The van der Waals surface area contributed by atoms with Gasteiger partial charge >= 0.3 is 5.69 Å². The van der Waals surface area contributed by atoms with Crippen LogP contribution in [-0.2, 0) is 0 Å². The number of nitrogens with zero attached hydrogens (tertiary/aromatic N) is 1. The second kappa shape index (κ2) is 5.26. The van der Waals surface area contributed by atoms with Gasteiger partial charge in [0.1, 0.15) is 11.6 Å². The topological polar surface area (TPSA) is 69.4 Å². The minimum atomic E-state index is -0.598. The molecule has 0 aliphatic heterocycles. The second-order valence-corrected chi connectivity index (χ2v) is 3.63. The first-order chi connectivity index (χ1) is 9.11. The number of halogens is 1. The highest BCUT2D eigenvalue weighted by atomic mass is 19.1. The van der Waals surface area contributed by atoms with Crippen LogP contribution < -0.4 is 4.74 Å². The zero-order valence-electron chi connectivity index (χ0n) is 9.58. The summed E-state index contributed by atoms with van der Waals surface area (Å²) in [4.78, 5) is 21.0. The lowest BCUT2D eigenvalue weighted by Gasteiger charge is -2.08. The standard InChI is InChI=1S/C13H8FNO4/c14-10-5-6-12(9(7-10)8-16)19-13-4-2-1-3-11(13)15(17)18/h1-8H. The van der Waals surface area contributed by atoms with Crippen molar-refractivity contribution in [3.63, 3.8) is 0 Å². The highest BCUT2D eigenvalue weighted by molar-refractivity contribution is 5.79. The molecule has 0 atom stereocenters. The van der Waals surface area contributed by atoms with Gasteiger partial charge in [0.15, 0.2) is 6.29 Å². The van der Waals surface area contributed by atoms with Crippen LogP contribution in [0.25, 0.3) is 0 Å². The number of ether oxygens (including phenoxy) is 1. The molecule has 2 aromatic rings. The van der Waals surface area contributed by atoms with Crippen LogP contribution in [0.4, 0.5) is 10.1 Å². The fraction of sp³-hybridized carbons (Fsp3) is 0. The van der Waals surface area contributed by atoms with Gasteiger partial charge in [-0.15, -0.1) is 0 Å². The van der Waals surface area contributed by atoms with E-state index in [0.29, 0.717) is 6.29 Å². The quantitative estimate of drug-likeness (QED) is 0.480. The van der Waals surface area contributed by atoms with Crippen LogP contribution in [0.1, 0.15) is 10.4 Å². The van der Waals surface area contributed by atoms with E-state index in [1.165, 1.54) is 24.3 Å². The van der Waals surface area contributed by atoms with Crippen molar-refractivity contribution in [3.8, 4) is 11.5 Å². The largest absolute Gasteiger partial charge is 0.449 e. The van der Waals surface area contributed by atoms with Crippen LogP contribution in [-0.4, -0.2) is 11.2 Å². The van der Waals surface area contributed by atoms with E-state index in [9.17, 15) is 19.3 Å². The molecule has 0 N–H and O–H groups in total. The average molecular weight is 261 g/mol. The Morgan fingerprint density at radius 1 is 1.16 bits per heavy atom. The second-order valence-electron chi connectivity index (χ2n) is 3.63. The molecule has 19 heavy (non-hydrogen) atoms. The number of hydrogen-bond acceptors (Lipinski definition) is 4. The van der Waals surface area contributed by atoms with Gasteiger partial charge in [-0.3, -0.25) is 14.9 Å². The Morgan fingerprint density at radius 2 is 1.89 bits per heavy atom. The van der Waals surface area contributed by atoms with Crippen LogP contribution in [0.3, 0.4) is 0 Å². The molecule has 0 aliphatic rings. The predicted octanol–water partition coefficient (Wildman–Crippen LogP) is 3.34. The van der Waals surface area contributed by atoms with Crippen LogP contribution in [0.2, 0.25) is 0 Å². The molecule has 0 radical (unpaired) electrons. The summed E-state index contributed by atoms with van der Waals surface area (Å²) >= 11 is 0. The summed E-state index contributed by atoms with van der Waals surface area (Å²) in [7, 11) is 0. The van der Waals surface area contributed by atoms with Gasteiger partial charge in [0.05, 0.1) is 10.5 Å². The molecule has 2 aromatic carbocycles. The number of nitro benzene ring substituents is 1. The average Bonchev–Trinajstić information content (AvgIpc) is 2.41. The molecule has 0 saturated heterocycles. The maximum Gasteiger partial charge on any atom is 0.311 e. The predicted molar refractivity (Wildman–Crippen MR) is 65.0 cm³/mol. The highest BCUT2D eigenvalue weighted by Crippen LogP contribution is 2.32. The van der Waals surface area contributed by atoms with Gasteiger partial charge in [-0.25, -0.2) is 4.39 Å². The first kappa shape index (κ1) is 12.7. The fourth-order valence-corrected chi connectivity index (χ4v) is 1.52. The molecule has 0 aliphatic carbocycles. The molecule has 96 valence electrons. The first-order valence-corrected chi connectivity index (χ1v) is 5.28. The molecule has 6 heteroatoms. The zero-order chi connectivity index (χ0) is 13.8. The minimum Gasteiger partial charge on any atom is -0.449 e. The first-order valence-electron chi connectivity index (χ1n) is 5.28. The molecule has 2 rings (SSSR count). The van der Waals surface area contributed by atoms with Gasteiger partial charge in [0.25, 0.3) is 0 Å². The van der Waals surface area contributed by atoms with E-state index < -0.39 is 10.7 Å². The molecular formula is C13H8FNO4. The van der Waals surface area contributed by atoms with Gasteiger partial charge in [-0.05, 0) is 24.3 Å². The lowest BCUT2D eigenvalue weighted by molar-refractivity contribution is -0.385. The van der Waals surface area contributed by atoms with E-state index in [2.05, 4.69) is 0 Å². The Labute approximate surface area is 107 Å². The molecular weight excluding hydrogens is 253 g/mol. The Bertz CT molecular complexity index is 642. The van der Waals surface area contributed by atoms with Crippen molar-refractivity contribution in [2.24, 2.45) is 0 Å². The van der Waals surface area contributed by atoms with Crippen LogP contribution in [0, 0.1) is 15.9 Å². The number of para-hydroxylation sites is 2. The summed E-state index contributed by atoms with van der Waals surface area (Å²) in [6.45, 7) is 0. The van der Waals surface area contributed by atoms with Crippen molar-refractivity contribution in [3.05, 3.63) is 64.0 Å². The third-order valence-corrected chi connectivity index (χ3v) is 2.38. The van der Waals surface area contributed by atoms with E-state index in [1.807, 2.05) is 0 Å². The summed E-state index contributed by atoms with van der Waals surface area (Å²) in [5, 5.41) is 10.8. The molecule has 0 unspecified atom stereocenters. The van der Waals surface area contributed by atoms with Gasteiger partial charge in [0.2, 0.25) is 5.75 Å². The molecule has 5 nitrogen and oxygen atoms in total. The Morgan fingerprint density at radius 3 is 2.58 bits per heavy atom. The van der Waals surface area contributed by atoms with Crippen molar-refractivity contribution in [2.75, 3.05) is 0 Å². The number of rotatable bonds is 4. The minimum absolute atomic E-state index is 0.0118. The maximum atomic E-state index is 13.0. The van der Waals surface area contributed by atoms with Crippen molar-refractivity contribution < 1.29 is 18.8 Å². The Kier molecular flexibility index (Phi) is 3.51. The third kappa shape index (κ3) is 2.74. The Balaban J connectivity index is 2.42. The van der Waals surface area contributed by atoms with Gasteiger partial charge in [0, 0.05) is 6.07 Å². The van der Waals surface area contributed by atoms with E-state index >= 15 is 0 Å². The zero-order valence-corrected chi connectivity index (χ0v) is 9.58. The molecule has 0 bridgehead atoms. The molecule has 0 fully saturated rings. The summed E-state index contributed by atoms with van der Waals surface area (Å²) in [5.74, 6) is -0.537. The molecule has 0 heterocycles. The number of carbonyl (C=O) groups excluding carboxylic acids is 1. The van der Waals surface area contributed by atoms with E-state index in [0.717, 1.165) is 12.1 Å². The summed E-state index contributed by atoms with van der Waals surface area (Å²) in [6.07, 6.45) is 0.424. The number of nitro groups is 1. The molecule has 0 spiro atoms. The van der Waals surface area contributed by atoms with E-state index in [-0.39, 0.29) is 22.7 Å². The van der Waals surface area contributed by atoms with E-state index in [4.69, 9.17) is 4.74 Å². The van der Waals surface area contributed by atoms with Crippen molar-refractivity contribution >= 4 is 12.0 Å². The van der Waals surface area contributed by atoms with Gasteiger partial charge < -0.3 is 4.74 Å². The fourth-order valence-electron chi connectivity index (χ4n) is 1.52. The maximum absolute atomic E-state index is 13.0. The molecule has 0 saturated carbocycles. The normalized spacial score (nSPS) is 9.95.